The first-order chi connectivity index (χ1) is 12.5. The average molecular weight is 356 g/mol. The van der Waals surface area contributed by atoms with Crippen molar-refractivity contribution >= 4 is 11.9 Å². The van der Waals surface area contributed by atoms with Crippen LogP contribution in [0.25, 0.3) is 0 Å². The maximum Gasteiger partial charge on any atom is 0.272 e. The average Bonchev–Trinajstić information content (AvgIpc) is 2.65. The summed E-state index contributed by atoms with van der Waals surface area (Å²) < 4.78 is 5.16. The fourth-order valence-corrected chi connectivity index (χ4v) is 2.56. The van der Waals surface area contributed by atoms with E-state index in [4.69, 9.17) is 4.74 Å². The minimum Gasteiger partial charge on any atom is -0.497 e. The number of nitrogens with one attached hydrogen (secondary N) is 1. The lowest BCUT2D eigenvalue weighted by Crippen LogP contribution is -2.29. The maximum atomic E-state index is 12.5. The van der Waals surface area contributed by atoms with Crippen LogP contribution in [0.15, 0.2) is 30.3 Å². The van der Waals surface area contributed by atoms with E-state index >= 15 is 0 Å². The molecule has 6 nitrogen and oxygen atoms in total. The van der Waals surface area contributed by atoms with Gasteiger partial charge in [0, 0.05) is 25.8 Å². The molecule has 0 spiro atoms. The van der Waals surface area contributed by atoms with Crippen LogP contribution in [-0.2, 0) is 6.42 Å². The van der Waals surface area contributed by atoms with Crippen LogP contribution in [0.5, 0.6) is 5.75 Å². The number of anilines is 1. The Morgan fingerprint density at radius 1 is 1.23 bits per heavy atom. The predicted octanol–water partition coefficient (Wildman–Crippen LogP) is 3.32. The van der Waals surface area contributed by atoms with Gasteiger partial charge in [-0.2, -0.15) is 0 Å². The molecule has 0 fully saturated rings. The fourth-order valence-electron chi connectivity index (χ4n) is 2.56. The predicted molar refractivity (Wildman–Crippen MR) is 104 cm³/mol. The number of aryl methyl sites for hydroxylation is 1. The number of benzene rings is 1. The molecule has 1 heterocycles. The topological polar surface area (TPSA) is 67.4 Å². The molecule has 1 aromatic heterocycles. The van der Waals surface area contributed by atoms with Crippen LogP contribution in [0.3, 0.4) is 0 Å². The summed E-state index contributed by atoms with van der Waals surface area (Å²) in [5, 5.41) is 3.22. The Morgan fingerprint density at radius 2 is 1.96 bits per heavy atom. The molecule has 0 saturated carbocycles. The first kappa shape index (κ1) is 19.7. The monoisotopic (exact) mass is 356 g/mol. The Balaban J connectivity index is 1.96. The van der Waals surface area contributed by atoms with Crippen molar-refractivity contribution in [3.8, 4) is 5.75 Å². The second-order valence-corrected chi connectivity index (χ2v) is 6.32. The zero-order chi connectivity index (χ0) is 18.9. The van der Waals surface area contributed by atoms with Crippen molar-refractivity contribution in [3.05, 3.63) is 47.3 Å². The zero-order valence-electron chi connectivity index (χ0n) is 16.1. The molecule has 26 heavy (non-hydrogen) atoms. The molecule has 0 aliphatic carbocycles. The summed E-state index contributed by atoms with van der Waals surface area (Å²) in [6, 6.07) is 9.70. The number of nitrogens with zero attached hydrogens (tertiary/aromatic N) is 3. The van der Waals surface area contributed by atoms with Crippen LogP contribution in [0.2, 0.25) is 0 Å². The van der Waals surface area contributed by atoms with Gasteiger partial charge in [-0.1, -0.05) is 25.5 Å². The molecule has 0 radical (unpaired) electrons. The number of ether oxygens (including phenoxy) is 1. The van der Waals surface area contributed by atoms with Gasteiger partial charge in [0.1, 0.15) is 11.4 Å². The molecule has 6 heteroatoms. The molecule has 2 rings (SSSR count). The van der Waals surface area contributed by atoms with Crippen LogP contribution >= 0.6 is 0 Å². The molecule has 0 atom stereocenters. The lowest BCUT2D eigenvalue weighted by atomic mass is 10.1. The molecule has 2 aromatic rings. The Labute approximate surface area is 155 Å². The highest BCUT2D eigenvalue weighted by atomic mass is 16.5. The third kappa shape index (κ3) is 5.72. The van der Waals surface area contributed by atoms with E-state index < -0.39 is 0 Å². The summed E-state index contributed by atoms with van der Waals surface area (Å²) in [5.74, 6) is 1.27. The van der Waals surface area contributed by atoms with Crippen LogP contribution in [0.1, 0.15) is 41.5 Å². The van der Waals surface area contributed by atoms with Gasteiger partial charge in [0.2, 0.25) is 5.95 Å². The molecule has 1 N–H and O–H groups in total. The Morgan fingerprint density at radius 3 is 2.62 bits per heavy atom. The number of unbranched alkanes of at least 4 members (excludes halogenated alkanes) is 1. The molecule has 1 aromatic carbocycles. The van der Waals surface area contributed by atoms with E-state index in [1.807, 2.05) is 38.2 Å². The fraction of sp³-hybridized carbons (Fsp3) is 0.450. The Hall–Kier alpha value is -2.63. The third-order valence-electron chi connectivity index (χ3n) is 4.12. The normalized spacial score (nSPS) is 10.5. The summed E-state index contributed by atoms with van der Waals surface area (Å²) in [5.41, 5.74) is 2.41. The number of carbonyl (C=O) groups excluding carboxylic acids is 1. The van der Waals surface area contributed by atoms with E-state index in [1.54, 1.807) is 18.1 Å². The van der Waals surface area contributed by atoms with E-state index in [-0.39, 0.29) is 5.91 Å². The van der Waals surface area contributed by atoms with Gasteiger partial charge < -0.3 is 15.0 Å². The van der Waals surface area contributed by atoms with Gasteiger partial charge >= 0.3 is 0 Å². The molecule has 0 saturated heterocycles. The lowest BCUT2D eigenvalue weighted by molar-refractivity contribution is 0.0787. The number of carbonyl (C=O) groups is 1. The summed E-state index contributed by atoms with van der Waals surface area (Å²) >= 11 is 0. The van der Waals surface area contributed by atoms with E-state index in [2.05, 4.69) is 22.2 Å². The van der Waals surface area contributed by atoms with Crippen molar-refractivity contribution in [1.82, 2.24) is 14.9 Å². The van der Waals surface area contributed by atoms with Crippen molar-refractivity contribution in [1.29, 1.82) is 0 Å². The molecular weight excluding hydrogens is 328 g/mol. The lowest BCUT2D eigenvalue weighted by Gasteiger charge is -2.17. The van der Waals surface area contributed by atoms with Gasteiger partial charge in [0.15, 0.2) is 0 Å². The number of methoxy groups -OCH3 is 1. The van der Waals surface area contributed by atoms with Gasteiger partial charge in [-0.25, -0.2) is 9.97 Å². The van der Waals surface area contributed by atoms with Crippen molar-refractivity contribution in [2.45, 2.75) is 33.1 Å². The van der Waals surface area contributed by atoms with Crippen LogP contribution in [-0.4, -0.2) is 48.0 Å². The molecule has 1 amide bonds. The smallest absolute Gasteiger partial charge is 0.272 e. The van der Waals surface area contributed by atoms with Gasteiger partial charge in [0.05, 0.1) is 7.11 Å². The van der Waals surface area contributed by atoms with Crippen LogP contribution in [0.4, 0.5) is 5.95 Å². The van der Waals surface area contributed by atoms with E-state index in [9.17, 15) is 4.79 Å². The standard InChI is InChI=1S/C20H28N4O2/c1-5-6-13-24(3)19(25)18-14-15(2)22-20(23-18)21-12-11-16-7-9-17(26-4)10-8-16/h7-10,14H,5-6,11-13H2,1-4H3,(H,21,22,23). The van der Waals surface area contributed by atoms with E-state index in [0.717, 1.165) is 37.3 Å². The molecule has 0 unspecified atom stereocenters. The number of aromatic nitrogens is 2. The second-order valence-electron chi connectivity index (χ2n) is 6.32. The summed E-state index contributed by atoms with van der Waals surface area (Å²) in [4.78, 5) is 23.0. The quantitative estimate of drug-likeness (QED) is 0.746. The highest BCUT2D eigenvalue weighted by molar-refractivity contribution is 5.92. The summed E-state index contributed by atoms with van der Waals surface area (Å²) in [7, 11) is 3.47. The van der Waals surface area contributed by atoms with E-state index in [1.165, 1.54) is 5.56 Å². The highest BCUT2D eigenvalue weighted by Crippen LogP contribution is 2.12. The van der Waals surface area contributed by atoms with Gasteiger partial charge in [-0.05, 0) is 43.5 Å². The zero-order valence-corrected chi connectivity index (χ0v) is 16.1. The summed E-state index contributed by atoms with van der Waals surface area (Å²) in [6.07, 6.45) is 2.87. The Kier molecular flexibility index (Phi) is 7.38. The van der Waals surface area contributed by atoms with Gasteiger partial charge in [-0.3, -0.25) is 4.79 Å². The molecular formula is C20H28N4O2. The molecule has 0 aliphatic heterocycles. The SMILES string of the molecule is CCCCN(C)C(=O)c1cc(C)nc(NCCc2ccc(OC)cc2)n1. The minimum atomic E-state index is -0.0674. The molecule has 0 aliphatic rings. The van der Waals surface area contributed by atoms with Crippen LogP contribution in [0, 0.1) is 6.92 Å². The molecule has 140 valence electrons. The summed E-state index contributed by atoms with van der Waals surface area (Å²) in [6.45, 7) is 5.41. The second kappa shape index (κ2) is 9.75. The van der Waals surface area contributed by atoms with E-state index in [0.29, 0.717) is 18.2 Å². The number of hydrogen-bond acceptors (Lipinski definition) is 5. The number of rotatable bonds is 9. The van der Waals surface area contributed by atoms with Gasteiger partial charge in [0.25, 0.3) is 5.91 Å². The van der Waals surface area contributed by atoms with Crippen LogP contribution < -0.4 is 10.1 Å². The van der Waals surface area contributed by atoms with Gasteiger partial charge in [-0.15, -0.1) is 0 Å². The first-order valence-electron chi connectivity index (χ1n) is 9.01. The van der Waals surface area contributed by atoms with Crippen molar-refractivity contribution < 1.29 is 9.53 Å². The third-order valence-corrected chi connectivity index (χ3v) is 4.12. The molecule has 0 bridgehead atoms. The first-order valence-corrected chi connectivity index (χ1v) is 9.01. The van der Waals surface area contributed by atoms with Crippen molar-refractivity contribution in [2.24, 2.45) is 0 Å². The van der Waals surface area contributed by atoms with Crippen molar-refractivity contribution in [3.63, 3.8) is 0 Å². The maximum absolute atomic E-state index is 12.5. The number of amides is 1. The largest absolute Gasteiger partial charge is 0.497 e. The Bertz CT molecular complexity index is 716. The number of hydrogen-bond donors (Lipinski definition) is 1. The van der Waals surface area contributed by atoms with Crippen molar-refractivity contribution in [2.75, 3.05) is 32.6 Å². The minimum absolute atomic E-state index is 0.0674. The highest BCUT2D eigenvalue weighted by Gasteiger charge is 2.14.